The molecule has 5 heterocycles. The highest BCUT2D eigenvalue weighted by molar-refractivity contribution is 7.20. The first-order chi connectivity index (χ1) is 15.8. The maximum Gasteiger partial charge on any atom is 0.281 e. The number of hydrogen-bond acceptors (Lipinski definition) is 8. The number of rotatable bonds is 5. The molecule has 7 nitrogen and oxygen atoms in total. The minimum absolute atomic E-state index is 0.580. The van der Waals surface area contributed by atoms with Crippen LogP contribution in [0.15, 0.2) is 71.7 Å². The second-order valence-corrected chi connectivity index (χ2v) is 8.79. The highest BCUT2D eigenvalue weighted by Gasteiger charge is 2.19. The predicted octanol–water partition coefficient (Wildman–Crippen LogP) is 4.95. The van der Waals surface area contributed by atoms with E-state index in [1.165, 1.54) is 22.6 Å². The van der Waals surface area contributed by atoms with Gasteiger partial charge in [-0.25, -0.2) is 4.98 Å². The molecule has 1 fully saturated rings. The van der Waals surface area contributed by atoms with Crippen molar-refractivity contribution in [1.29, 1.82) is 0 Å². The minimum atomic E-state index is 0.580. The third-order valence-corrected chi connectivity index (χ3v) is 6.66. The van der Waals surface area contributed by atoms with Gasteiger partial charge in [0.1, 0.15) is 11.3 Å². The van der Waals surface area contributed by atoms with E-state index in [0.717, 1.165) is 48.4 Å². The first kappa shape index (κ1) is 19.2. The molecule has 1 aromatic carbocycles. The molecule has 4 aromatic heterocycles. The second-order valence-electron chi connectivity index (χ2n) is 7.79. The Morgan fingerprint density at radius 1 is 1.00 bits per heavy atom. The van der Waals surface area contributed by atoms with Crippen LogP contribution in [0.25, 0.3) is 21.3 Å². The summed E-state index contributed by atoms with van der Waals surface area (Å²) >= 11 is 1.48. The fourth-order valence-corrected chi connectivity index (χ4v) is 4.90. The van der Waals surface area contributed by atoms with Crippen LogP contribution in [-0.4, -0.2) is 46.0 Å². The van der Waals surface area contributed by atoms with Crippen LogP contribution in [0.2, 0.25) is 0 Å². The molecule has 1 aliphatic rings. The van der Waals surface area contributed by atoms with Gasteiger partial charge in [-0.15, -0.1) is 0 Å². The molecular formula is C24H21N5O2S. The number of hydrogen-bond donors (Lipinski definition) is 0. The van der Waals surface area contributed by atoms with Crippen LogP contribution < -0.4 is 9.64 Å². The number of nitrogens with zero attached hydrogens (tertiary/aromatic N) is 5. The SMILES string of the molecule is c1cnc2nc(Oc3ccc4c(CN5CCN(c6ccncc6)CC5)coc4c3)sc2c1. The van der Waals surface area contributed by atoms with E-state index in [1.54, 1.807) is 6.20 Å². The van der Waals surface area contributed by atoms with E-state index in [0.29, 0.717) is 16.6 Å². The number of aromatic nitrogens is 3. The quantitative estimate of drug-likeness (QED) is 0.381. The van der Waals surface area contributed by atoms with Crippen molar-refractivity contribution >= 4 is 38.3 Å². The lowest BCUT2D eigenvalue weighted by atomic mass is 10.1. The van der Waals surface area contributed by atoms with E-state index < -0.39 is 0 Å². The molecule has 0 spiro atoms. The van der Waals surface area contributed by atoms with E-state index in [9.17, 15) is 0 Å². The van der Waals surface area contributed by atoms with Crippen LogP contribution in [-0.2, 0) is 6.54 Å². The lowest BCUT2D eigenvalue weighted by molar-refractivity contribution is 0.250. The van der Waals surface area contributed by atoms with Crippen LogP contribution in [0.5, 0.6) is 10.9 Å². The molecule has 8 heteroatoms. The van der Waals surface area contributed by atoms with E-state index in [2.05, 4.69) is 43.0 Å². The van der Waals surface area contributed by atoms with Crippen LogP contribution in [0.1, 0.15) is 5.56 Å². The lowest BCUT2D eigenvalue weighted by Crippen LogP contribution is -2.45. The lowest BCUT2D eigenvalue weighted by Gasteiger charge is -2.35. The Bertz CT molecular complexity index is 1330. The molecule has 0 N–H and O–H groups in total. The normalized spacial score (nSPS) is 14.9. The van der Waals surface area contributed by atoms with Crippen molar-refractivity contribution in [2.75, 3.05) is 31.1 Å². The van der Waals surface area contributed by atoms with Crippen LogP contribution in [0, 0.1) is 0 Å². The Labute approximate surface area is 188 Å². The monoisotopic (exact) mass is 443 g/mol. The maximum atomic E-state index is 5.97. The van der Waals surface area contributed by atoms with Crippen molar-refractivity contribution in [3.63, 3.8) is 0 Å². The van der Waals surface area contributed by atoms with E-state index >= 15 is 0 Å². The highest BCUT2D eigenvalue weighted by atomic mass is 32.1. The summed E-state index contributed by atoms with van der Waals surface area (Å²) in [5.41, 5.74) is 3.97. The van der Waals surface area contributed by atoms with Crippen molar-refractivity contribution in [2.24, 2.45) is 0 Å². The second kappa shape index (κ2) is 8.22. The molecule has 0 radical (unpaired) electrons. The highest BCUT2D eigenvalue weighted by Crippen LogP contribution is 2.33. The molecule has 1 saturated heterocycles. The van der Waals surface area contributed by atoms with Crippen LogP contribution in [0.3, 0.4) is 0 Å². The number of anilines is 1. The molecule has 0 atom stereocenters. The van der Waals surface area contributed by atoms with Gasteiger partial charge in [0.25, 0.3) is 5.19 Å². The van der Waals surface area contributed by atoms with E-state index in [1.807, 2.05) is 42.9 Å². The summed E-state index contributed by atoms with van der Waals surface area (Å²) in [6.45, 7) is 4.92. The van der Waals surface area contributed by atoms with E-state index in [-0.39, 0.29) is 0 Å². The van der Waals surface area contributed by atoms with Gasteiger partial charge in [-0.1, -0.05) is 11.3 Å². The summed E-state index contributed by atoms with van der Waals surface area (Å²) in [6.07, 6.45) is 7.31. The van der Waals surface area contributed by atoms with Crippen molar-refractivity contribution in [1.82, 2.24) is 19.9 Å². The topological polar surface area (TPSA) is 67.5 Å². The fourth-order valence-electron chi connectivity index (χ4n) is 4.10. The minimum Gasteiger partial charge on any atom is -0.464 e. The first-order valence-electron chi connectivity index (χ1n) is 10.6. The van der Waals surface area contributed by atoms with Gasteiger partial charge < -0.3 is 14.1 Å². The van der Waals surface area contributed by atoms with Gasteiger partial charge in [0.05, 0.1) is 11.0 Å². The molecule has 32 heavy (non-hydrogen) atoms. The number of ether oxygens (including phenoxy) is 1. The number of furan rings is 1. The Balaban J connectivity index is 1.13. The Morgan fingerprint density at radius 2 is 1.88 bits per heavy atom. The molecule has 0 saturated carbocycles. The average molecular weight is 444 g/mol. The summed E-state index contributed by atoms with van der Waals surface area (Å²) in [7, 11) is 0. The summed E-state index contributed by atoms with van der Waals surface area (Å²) < 4.78 is 12.8. The summed E-state index contributed by atoms with van der Waals surface area (Å²) in [5.74, 6) is 0.712. The third kappa shape index (κ3) is 3.79. The molecule has 0 aliphatic carbocycles. The Hall–Kier alpha value is -3.49. The van der Waals surface area contributed by atoms with Gasteiger partial charge >= 0.3 is 0 Å². The summed E-state index contributed by atoms with van der Waals surface area (Å²) in [4.78, 5) is 17.7. The zero-order valence-corrected chi connectivity index (χ0v) is 18.2. The van der Waals surface area contributed by atoms with Crippen molar-refractivity contribution in [2.45, 2.75) is 6.54 Å². The Morgan fingerprint density at radius 3 is 2.72 bits per heavy atom. The third-order valence-electron chi connectivity index (χ3n) is 5.77. The number of benzene rings is 1. The zero-order valence-electron chi connectivity index (χ0n) is 17.3. The summed E-state index contributed by atoms with van der Waals surface area (Å²) in [6, 6.07) is 14.0. The first-order valence-corrected chi connectivity index (χ1v) is 11.4. The van der Waals surface area contributed by atoms with Crippen molar-refractivity contribution in [3.8, 4) is 10.9 Å². The van der Waals surface area contributed by atoms with Gasteiger partial charge in [-0.2, -0.15) is 4.98 Å². The smallest absolute Gasteiger partial charge is 0.281 e. The molecule has 1 aliphatic heterocycles. The molecule has 0 bridgehead atoms. The predicted molar refractivity (Wildman–Crippen MR) is 125 cm³/mol. The molecule has 160 valence electrons. The molecule has 0 unspecified atom stereocenters. The number of pyridine rings is 2. The molecular weight excluding hydrogens is 422 g/mol. The maximum absolute atomic E-state index is 5.97. The van der Waals surface area contributed by atoms with E-state index in [4.69, 9.17) is 9.15 Å². The standard InChI is InChI=1S/C24H21N5O2S/c1-2-22-23(26-7-1)27-24(32-22)31-19-3-4-20-17(16-30-21(20)14-19)15-28-10-12-29(13-11-28)18-5-8-25-9-6-18/h1-9,14,16H,10-13,15H2. The van der Waals surface area contributed by atoms with Gasteiger partial charge in [0.15, 0.2) is 5.65 Å². The molecule has 0 amide bonds. The number of piperazine rings is 1. The van der Waals surface area contributed by atoms with Gasteiger partial charge in [-0.3, -0.25) is 9.88 Å². The fraction of sp³-hybridized carbons (Fsp3) is 0.208. The molecule has 5 aromatic rings. The van der Waals surface area contributed by atoms with Crippen LogP contribution in [0.4, 0.5) is 5.69 Å². The number of fused-ring (bicyclic) bond motifs is 2. The summed E-state index contributed by atoms with van der Waals surface area (Å²) in [5, 5.41) is 1.71. The van der Waals surface area contributed by atoms with Gasteiger partial charge in [0.2, 0.25) is 0 Å². The average Bonchev–Trinajstić information content (AvgIpc) is 3.43. The van der Waals surface area contributed by atoms with Crippen molar-refractivity contribution < 1.29 is 9.15 Å². The van der Waals surface area contributed by atoms with Crippen LogP contribution >= 0.6 is 11.3 Å². The van der Waals surface area contributed by atoms with Crippen molar-refractivity contribution in [3.05, 3.63) is 72.9 Å². The van der Waals surface area contributed by atoms with Gasteiger partial charge in [0, 0.05) is 74.0 Å². The van der Waals surface area contributed by atoms with Gasteiger partial charge in [-0.05, 0) is 36.4 Å². The number of thiazole rings is 1. The largest absolute Gasteiger partial charge is 0.464 e. The Kier molecular flexibility index (Phi) is 4.93. The zero-order chi connectivity index (χ0) is 21.3. The molecule has 6 rings (SSSR count).